The van der Waals surface area contributed by atoms with Crippen molar-refractivity contribution >= 4 is 17.8 Å². The van der Waals surface area contributed by atoms with Gasteiger partial charge in [-0.2, -0.15) is 0 Å². The van der Waals surface area contributed by atoms with E-state index in [1.165, 1.54) is 212 Å². The predicted molar refractivity (Wildman–Crippen MR) is 371 cm³/mol. The number of nitrogens with one attached hydrogen (secondary N) is 2. The van der Waals surface area contributed by atoms with Crippen molar-refractivity contribution in [3.05, 3.63) is 12.2 Å². The van der Waals surface area contributed by atoms with Crippen LogP contribution in [0, 0.1) is 0 Å². The summed E-state index contributed by atoms with van der Waals surface area (Å²) >= 11 is 0. The molecule has 0 aromatic carbocycles. The second kappa shape index (κ2) is 54.2. The number of carboxylic acids is 1. The lowest BCUT2D eigenvalue weighted by Gasteiger charge is -2.50. The van der Waals surface area contributed by atoms with E-state index in [-0.39, 0.29) is 12.3 Å². The molecule has 23 heteroatoms. The smallest absolute Gasteiger partial charge is 0.364 e. The SMILES string of the molecule is CCCCCCCCCCCCC/C=C/C(O)C(COC1OC(CO)C(OC2OC(CO)C(O)C(OC3(C(=O)O)CC(O)C(NC(C)=O)C(C(O)C(O)CO)O3)C2O)C(O)C1O)NC(=O)CCCCCCCCCCCCCCCCCCCCCCCCCCCCCCCC. The Morgan fingerprint density at radius 3 is 1.37 bits per heavy atom. The third-order valence-corrected chi connectivity index (χ3v) is 19.7. The van der Waals surface area contributed by atoms with E-state index in [2.05, 4.69) is 24.5 Å². The molecule has 2 amide bonds. The maximum atomic E-state index is 13.5. The highest BCUT2D eigenvalue weighted by Crippen LogP contribution is 2.39. The molecule has 0 spiro atoms. The molecule has 0 aromatic rings. The molecule has 0 aliphatic carbocycles. The molecule has 3 aliphatic rings. The van der Waals surface area contributed by atoms with E-state index in [1.807, 2.05) is 6.08 Å². The Hall–Kier alpha value is -2.53. The standard InChI is InChI=1S/C74H138N2O21/c1-4-6-8-10-12-14-16-18-19-20-21-22-23-24-25-26-27-28-29-30-31-32-33-34-36-38-40-42-44-46-48-61(84)76-55(56(81)47-45-43-41-39-37-35-17-15-13-11-9-7-5-2)53-92-71-66(88)65(87)68(60(52-79)94-71)95-72-67(89)70(64(86)59(51-78)93-72)97-74(73(90)91)49-57(82)62(75-54(3)80)69(96-74)63(85)58(83)50-77/h45,47,55-60,62-72,77-79,81-83,85-89H,4-44,46,48-53H2,1-3H3,(H,75,80)(H,76,84)(H,90,91)/b47-45+. The third-order valence-electron chi connectivity index (χ3n) is 19.7. The lowest BCUT2D eigenvalue weighted by Crippen LogP contribution is -2.70. The maximum Gasteiger partial charge on any atom is 0.364 e. The number of aliphatic carboxylic acids is 1. The highest BCUT2D eigenvalue weighted by Gasteiger charge is 2.60. The topological polar surface area (TPSA) is 373 Å². The van der Waals surface area contributed by atoms with Crippen molar-refractivity contribution in [3.8, 4) is 0 Å². The number of rotatable bonds is 60. The van der Waals surface area contributed by atoms with Crippen LogP contribution < -0.4 is 10.6 Å². The van der Waals surface area contributed by atoms with Gasteiger partial charge >= 0.3 is 5.97 Å². The Morgan fingerprint density at radius 1 is 0.536 bits per heavy atom. The summed E-state index contributed by atoms with van der Waals surface area (Å²) in [6, 6.07) is -2.61. The van der Waals surface area contributed by atoms with Crippen LogP contribution in [0.25, 0.3) is 0 Å². The van der Waals surface area contributed by atoms with Crippen LogP contribution in [-0.2, 0) is 42.8 Å². The first-order chi connectivity index (χ1) is 46.9. The number of unbranched alkanes of at least 4 members (excludes halogenated alkanes) is 40. The zero-order valence-corrected chi connectivity index (χ0v) is 60.0. The number of ether oxygens (including phenoxy) is 6. The molecule has 0 radical (unpaired) electrons. The normalized spacial score (nSPS) is 27.4. The van der Waals surface area contributed by atoms with Crippen molar-refractivity contribution in [2.75, 3.05) is 26.4 Å². The number of amides is 2. The number of hydrogen-bond donors (Lipinski definition) is 14. The first-order valence-electron chi connectivity index (χ1n) is 38.6. The van der Waals surface area contributed by atoms with Crippen LogP contribution in [0.15, 0.2) is 12.2 Å². The van der Waals surface area contributed by atoms with Crippen molar-refractivity contribution in [3.63, 3.8) is 0 Å². The minimum absolute atomic E-state index is 0.205. The van der Waals surface area contributed by atoms with Crippen LogP contribution >= 0.6 is 0 Å². The monoisotopic (exact) mass is 1390 g/mol. The molecule has 14 N–H and O–H groups in total. The van der Waals surface area contributed by atoms with Gasteiger partial charge in [0.1, 0.15) is 67.1 Å². The van der Waals surface area contributed by atoms with Crippen molar-refractivity contribution in [2.24, 2.45) is 0 Å². The molecule has 3 rings (SSSR count). The van der Waals surface area contributed by atoms with Crippen molar-refractivity contribution in [1.29, 1.82) is 0 Å². The first-order valence-corrected chi connectivity index (χ1v) is 38.6. The number of carboxylic acid groups (broad SMARTS) is 1. The van der Waals surface area contributed by atoms with Gasteiger partial charge in [-0.05, 0) is 19.3 Å². The second-order valence-electron chi connectivity index (χ2n) is 28.2. The Morgan fingerprint density at radius 2 is 0.959 bits per heavy atom. The number of aliphatic hydroxyl groups is 11. The van der Waals surface area contributed by atoms with Crippen LogP contribution in [0.3, 0.4) is 0 Å². The van der Waals surface area contributed by atoms with Crippen molar-refractivity contribution in [1.82, 2.24) is 10.6 Å². The van der Waals surface area contributed by atoms with Crippen LogP contribution in [0.5, 0.6) is 0 Å². The fourth-order valence-electron chi connectivity index (χ4n) is 13.6. The molecule has 3 heterocycles. The fraction of sp³-hybridized carbons (Fsp3) is 0.932. The molecule has 23 nitrogen and oxygen atoms in total. The Kier molecular flexibility index (Phi) is 49.5. The number of aliphatic hydroxyl groups excluding tert-OH is 11. The van der Waals surface area contributed by atoms with Gasteiger partial charge in [0.15, 0.2) is 12.6 Å². The van der Waals surface area contributed by atoms with E-state index in [9.17, 15) is 75.7 Å². The van der Waals surface area contributed by atoms with Crippen LogP contribution in [-0.4, -0.2) is 215 Å². The molecular weight excluding hydrogens is 1250 g/mol. The first kappa shape index (κ1) is 88.7. The summed E-state index contributed by atoms with van der Waals surface area (Å²) in [7, 11) is 0. The summed E-state index contributed by atoms with van der Waals surface area (Å²) < 4.78 is 34.8. The summed E-state index contributed by atoms with van der Waals surface area (Å²) in [6.07, 6.45) is 27.1. The minimum Gasteiger partial charge on any atom is -0.477 e. The van der Waals surface area contributed by atoms with Gasteiger partial charge in [-0.3, -0.25) is 9.59 Å². The zero-order chi connectivity index (χ0) is 71.1. The van der Waals surface area contributed by atoms with E-state index in [0.29, 0.717) is 12.8 Å². The molecule has 570 valence electrons. The molecule has 0 bridgehead atoms. The maximum absolute atomic E-state index is 13.5. The Labute approximate surface area is 581 Å². The number of hydrogen-bond acceptors (Lipinski definition) is 20. The van der Waals surface area contributed by atoms with Crippen LogP contribution in [0.4, 0.5) is 0 Å². The average molecular weight is 1390 g/mol. The van der Waals surface area contributed by atoms with E-state index >= 15 is 0 Å². The summed E-state index contributed by atoms with van der Waals surface area (Å²) in [4.78, 5) is 38.6. The van der Waals surface area contributed by atoms with Gasteiger partial charge in [0.25, 0.3) is 5.79 Å². The Balaban J connectivity index is 1.48. The fourth-order valence-corrected chi connectivity index (χ4v) is 13.6. The molecule has 18 atom stereocenters. The summed E-state index contributed by atoms with van der Waals surface area (Å²) in [6.45, 7) is 2.16. The number of carbonyl (C=O) groups is 3. The van der Waals surface area contributed by atoms with E-state index in [1.54, 1.807) is 6.08 Å². The number of carbonyl (C=O) groups excluding carboxylic acids is 2. The van der Waals surface area contributed by atoms with Crippen molar-refractivity contribution < 1.29 is 104 Å². The predicted octanol–water partition coefficient (Wildman–Crippen LogP) is 9.02. The summed E-state index contributed by atoms with van der Waals surface area (Å²) in [5, 5.41) is 136. The van der Waals surface area contributed by atoms with Gasteiger partial charge in [-0.15, -0.1) is 0 Å². The van der Waals surface area contributed by atoms with Gasteiger partial charge in [0, 0.05) is 19.8 Å². The summed E-state index contributed by atoms with van der Waals surface area (Å²) in [5.74, 6) is -6.13. The third kappa shape index (κ3) is 35.5. The van der Waals surface area contributed by atoms with Crippen LogP contribution in [0.1, 0.15) is 303 Å². The minimum atomic E-state index is -3.08. The Bertz CT molecular complexity index is 2000. The second-order valence-corrected chi connectivity index (χ2v) is 28.2. The molecule has 3 aliphatic heterocycles. The molecular formula is C74H138N2O21. The molecule has 97 heavy (non-hydrogen) atoms. The molecule has 3 saturated heterocycles. The summed E-state index contributed by atoms with van der Waals surface area (Å²) in [5.41, 5.74) is 0. The van der Waals surface area contributed by atoms with E-state index in [4.69, 9.17) is 28.4 Å². The van der Waals surface area contributed by atoms with E-state index in [0.717, 1.165) is 51.9 Å². The number of allylic oxidation sites excluding steroid dienone is 1. The molecule has 18 unspecified atom stereocenters. The lowest BCUT2D eigenvalue weighted by atomic mass is 9.88. The van der Waals surface area contributed by atoms with Crippen LogP contribution in [0.2, 0.25) is 0 Å². The average Bonchev–Trinajstić information content (AvgIpc) is 0.759. The highest BCUT2D eigenvalue weighted by molar-refractivity contribution is 5.77. The van der Waals surface area contributed by atoms with Gasteiger partial charge in [0.2, 0.25) is 11.8 Å². The van der Waals surface area contributed by atoms with Gasteiger partial charge in [-0.1, -0.05) is 276 Å². The van der Waals surface area contributed by atoms with Gasteiger partial charge in [0.05, 0.1) is 50.7 Å². The molecule has 3 fully saturated rings. The quantitative estimate of drug-likeness (QED) is 0.0199. The zero-order valence-electron chi connectivity index (χ0n) is 60.0. The largest absolute Gasteiger partial charge is 0.477 e. The lowest BCUT2D eigenvalue weighted by molar-refractivity contribution is -0.386. The van der Waals surface area contributed by atoms with Crippen molar-refractivity contribution in [2.45, 2.75) is 413 Å². The van der Waals surface area contributed by atoms with Gasteiger partial charge in [-0.25, -0.2) is 4.79 Å². The molecule has 0 saturated carbocycles. The molecule has 0 aromatic heterocycles. The highest BCUT2D eigenvalue weighted by atomic mass is 16.8. The van der Waals surface area contributed by atoms with Gasteiger partial charge < -0.3 is 100 Å². The van der Waals surface area contributed by atoms with E-state index < -0.39 is 155 Å².